The van der Waals surface area contributed by atoms with E-state index in [1.165, 1.54) is 37.3 Å². The maximum Gasteiger partial charge on any atom is 0.325 e. The Balaban J connectivity index is 2.46. The van der Waals surface area contributed by atoms with Crippen molar-refractivity contribution in [1.82, 2.24) is 9.62 Å². The number of nitrogens with zero attached hydrogens (tertiary/aromatic N) is 1. The normalized spacial score (nSPS) is 11.7. The molecule has 0 aliphatic heterocycles. The molecule has 0 saturated carbocycles. The van der Waals surface area contributed by atoms with Gasteiger partial charge in [-0.3, -0.25) is 9.59 Å². The van der Waals surface area contributed by atoms with Crippen molar-refractivity contribution < 1.29 is 27.5 Å². The number of ether oxygens (including phenoxy) is 2. The van der Waals surface area contributed by atoms with Crippen molar-refractivity contribution in [1.29, 1.82) is 0 Å². The van der Waals surface area contributed by atoms with Crippen LogP contribution in [-0.2, 0) is 26.1 Å². The standard InChI is InChI=1S/C22H27ClN2O6S/c1-22(2,3)24-32(28,29)19-12-16(8-11-18(19)30-4)21(27)25(14-20(26)31-5)13-15-6-9-17(23)10-7-15/h6-12,24H,13-14H2,1-5H3. The fraction of sp³-hybridized carbons (Fsp3) is 0.364. The van der Waals surface area contributed by atoms with Gasteiger partial charge >= 0.3 is 5.97 Å². The molecule has 1 amide bonds. The highest BCUT2D eigenvalue weighted by Gasteiger charge is 2.28. The highest BCUT2D eigenvalue weighted by atomic mass is 35.5. The lowest BCUT2D eigenvalue weighted by Crippen LogP contribution is -2.40. The van der Waals surface area contributed by atoms with Crippen molar-refractivity contribution in [2.75, 3.05) is 20.8 Å². The van der Waals surface area contributed by atoms with E-state index in [1.54, 1.807) is 45.0 Å². The number of hydrogen-bond acceptors (Lipinski definition) is 6. The first-order chi connectivity index (χ1) is 14.9. The SMILES string of the molecule is COC(=O)CN(Cc1ccc(Cl)cc1)C(=O)c1ccc(OC)c(S(=O)(=O)NC(C)(C)C)c1. The van der Waals surface area contributed by atoms with E-state index >= 15 is 0 Å². The Labute approximate surface area is 193 Å². The molecule has 10 heteroatoms. The van der Waals surface area contributed by atoms with Gasteiger partial charge in [0.2, 0.25) is 10.0 Å². The summed E-state index contributed by atoms with van der Waals surface area (Å²) in [5.74, 6) is -1.06. The number of hydrogen-bond donors (Lipinski definition) is 1. The lowest BCUT2D eigenvalue weighted by atomic mass is 10.1. The largest absolute Gasteiger partial charge is 0.495 e. The van der Waals surface area contributed by atoms with Crippen LogP contribution in [0.2, 0.25) is 5.02 Å². The number of carbonyl (C=O) groups is 2. The van der Waals surface area contributed by atoms with Crippen molar-refractivity contribution in [3.8, 4) is 5.75 Å². The second-order valence-corrected chi connectivity index (χ2v) is 10.2. The number of sulfonamides is 1. The van der Waals surface area contributed by atoms with E-state index in [4.69, 9.17) is 21.1 Å². The molecule has 1 N–H and O–H groups in total. The predicted octanol–water partition coefficient (Wildman–Crippen LogP) is 3.24. The van der Waals surface area contributed by atoms with E-state index in [0.29, 0.717) is 5.02 Å². The third-order valence-electron chi connectivity index (χ3n) is 4.26. The Morgan fingerprint density at radius 1 is 1.06 bits per heavy atom. The Kier molecular flexibility index (Phi) is 8.28. The molecule has 174 valence electrons. The number of nitrogens with one attached hydrogen (secondary N) is 1. The molecular weight excluding hydrogens is 456 g/mol. The zero-order valence-corrected chi connectivity index (χ0v) is 20.2. The summed E-state index contributed by atoms with van der Waals surface area (Å²) in [4.78, 5) is 26.3. The van der Waals surface area contributed by atoms with E-state index in [9.17, 15) is 18.0 Å². The van der Waals surface area contributed by atoms with Gasteiger partial charge in [0.15, 0.2) is 0 Å². The first-order valence-electron chi connectivity index (χ1n) is 9.69. The minimum Gasteiger partial charge on any atom is -0.495 e. The lowest BCUT2D eigenvalue weighted by molar-refractivity contribution is -0.141. The Hall–Kier alpha value is -2.62. The van der Waals surface area contributed by atoms with Gasteiger partial charge in [-0.1, -0.05) is 23.7 Å². The van der Waals surface area contributed by atoms with Crippen molar-refractivity contribution in [2.24, 2.45) is 0 Å². The Morgan fingerprint density at radius 2 is 1.69 bits per heavy atom. The average Bonchev–Trinajstić information content (AvgIpc) is 2.72. The molecule has 0 unspecified atom stereocenters. The molecule has 0 radical (unpaired) electrons. The summed E-state index contributed by atoms with van der Waals surface area (Å²) in [6.45, 7) is 4.90. The van der Waals surface area contributed by atoms with Gasteiger partial charge in [0, 0.05) is 22.7 Å². The van der Waals surface area contributed by atoms with Crippen LogP contribution in [0.3, 0.4) is 0 Å². The predicted molar refractivity (Wildman–Crippen MR) is 121 cm³/mol. The average molecular weight is 483 g/mol. The van der Waals surface area contributed by atoms with Gasteiger partial charge in [-0.2, -0.15) is 0 Å². The summed E-state index contributed by atoms with van der Waals surface area (Å²) < 4.78 is 38.3. The van der Waals surface area contributed by atoms with Crippen LogP contribution in [0.15, 0.2) is 47.4 Å². The minimum atomic E-state index is -3.99. The highest BCUT2D eigenvalue weighted by molar-refractivity contribution is 7.89. The summed E-state index contributed by atoms with van der Waals surface area (Å²) >= 11 is 5.92. The van der Waals surface area contributed by atoms with Crippen LogP contribution in [-0.4, -0.2) is 51.5 Å². The zero-order chi connectivity index (χ0) is 24.1. The number of rotatable bonds is 8. The van der Waals surface area contributed by atoms with Crippen LogP contribution in [0.5, 0.6) is 5.75 Å². The quantitative estimate of drug-likeness (QED) is 0.579. The maximum atomic E-state index is 13.3. The topological polar surface area (TPSA) is 102 Å². The molecule has 0 bridgehead atoms. The molecule has 0 saturated heterocycles. The van der Waals surface area contributed by atoms with Gasteiger partial charge in [0.1, 0.15) is 17.2 Å². The van der Waals surface area contributed by atoms with Gasteiger partial charge in [-0.15, -0.1) is 0 Å². The monoisotopic (exact) mass is 482 g/mol. The van der Waals surface area contributed by atoms with Crippen LogP contribution < -0.4 is 9.46 Å². The van der Waals surface area contributed by atoms with Gasteiger partial charge in [-0.25, -0.2) is 13.1 Å². The van der Waals surface area contributed by atoms with E-state index in [2.05, 4.69) is 4.72 Å². The molecule has 2 aromatic rings. The fourth-order valence-electron chi connectivity index (χ4n) is 2.89. The number of carbonyl (C=O) groups excluding carboxylic acids is 2. The molecule has 2 aromatic carbocycles. The molecule has 8 nitrogen and oxygen atoms in total. The van der Waals surface area contributed by atoms with Gasteiger partial charge in [-0.05, 0) is 56.7 Å². The van der Waals surface area contributed by atoms with Gasteiger partial charge in [0.25, 0.3) is 5.91 Å². The minimum absolute atomic E-state index is 0.0814. The van der Waals surface area contributed by atoms with E-state index in [0.717, 1.165) is 5.56 Å². The third kappa shape index (κ3) is 6.94. The van der Waals surface area contributed by atoms with Crippen molar-refractivity contribution in [3.05, 3.63) is 58.6 Å². The molecule has 0 heterocycles. The van der Waals surface area contributed by atoms with Crippen LogP contribution in [0.25, 0.3) is 0 Å². The zero-order valence-electron chi connectivity index (χ0n) is 18.6. The van der Waals surface area contributed by atoms with E-state index in [1.807, 2.05) is 0 Å². The van der Waals surface area contributed by atoms with Crippen molar-refractivity contribution >= 4 is 33.5 Å². The number of benzene rings is 2. The first kappa shape index (κ1) is 25.6. The number of methoxy groups -OCH3 is 2. The summed E-state index contributed by atoms with van der Waals surface area (Å²) in [6.07, 6.45) is 0. The number of esters is 1. The smallest absolute Gasteiger partial charge is 0.325 e. The van der Waals surface area contributed by atoms with Crippen LogP contribution in [0.1, 0.15) is 36.7 Å². The molecule has 2 rings (SSSR count). The van der Waals surface area contributed by atoms with E-state index in [-0.39, 0.29) is 29.3 Å². The number of amides is 1. The third-order valence-corrected chi connectivity index (χ3v) is 6.29. The Morgan fingerprint density at radius 3 is 2.22 bits per heavy atom. The highest BCUT2D eigenvalue weighted by Crippen LogP contribution is 2.27. The number of halogens is 1. The molecule has 32 heavy (non-hydrogen) atoms. The van der Waals surface area contributed by atoms with E-state index < -0.39 is 27.4 Å². The first-order valence-corrected chi connectivity index (χ1v) is 11.5. The molecule has 0 aliphatic carbocycles. The lowest BCUT2D eigenvalue weighted by Gasteiger charge is -2.23. The van der Waals surface area contributed by atoms with Crippen LogP contribution in [0.4, 0.5) is 0 Å². The molecule has 0 atom stereocenters. The van der Waals surface area contributed by atoms with Crippen LogP contribution >= 0.6 is 11.6 Å². The summed E-state index contributed by atoms with van der Waals surface area (Å²) in [5, 5.41) is 0.538. The molecular formula is C22H27ClN2O6S. The maximum absolute atomic E-state index is 13.3. The second-order valence-electron chi connectivity index (χ2n) is 8.08. The van der Waals surface area contributed by atoms with Crippen molar-refractivity contribution in [3.63, 3.8) is 0 Å². The molecule has 0 aliphatic rings. The summed E-state index contributed by atoms with van der Waals surface area (Å²) in [5.41, 5.74) is 0.0791. The molecule has 0 fully saturated rings. The Bertz CT molecular complexity index is 1080. The van der Waals surface area contributed by atoms with Crippen molar-refractivity contribution in [2.45, 2.75) is 37.8 Å². The fourth-order valence-corrected chi connectivity index (χ4v) is 4.63. The molecule has 0 aromatic heterocycles. The summed E-state index contributed by atoms with van der Waals surface area (Å²) in [7, 11) is -1.42. The van der Waals surface area contributed by atoms with Crippen LogP contribution in [0, 0.1) is 0 Å². The van der Waals surface area contributed by atoms with Gasteiger partial charge in [0.05, 0.1) is 14.2 Å². The molecule has 0 spiro atoms. The second kappa shape index (κ2) is 10.3. The van der Waals surface area contributed by atoms with Gasteiger partial charge < -0.3 is 14.4 Å². The summed E-state index contributed by atoms with van der Waals surface area (Å²) in [6, 6.07) is 10.9.